The van der Waals surface area contributed by atoms with Crippen LogP contribution in [0.15, 0.2) is 30.3 Å². The second-order valence-corrected chi connectivity index (χ2v) is 5.63. The van der Waals surface area contributed by atoms with Crippen molar-refractivity contribution in [3.63, 3.8) is 0 Å². The Balaban J connectivity index is 1.80. The summed E-state index contributed by atoms with van der Waals surface area (Å²) >= 11 is 0. The zero-order valence-electron chi connectivity index (χ0n) is 12.1. The minimum atomic E-state index is -0.00840. The van der Waals surface area contributed by atoms with E-state index in [9.17, 15) is 9.90 Å². The van der Waals surface area contributed by atoms with Crippen LogP contribution in [0.5, 0.6) is 0 Å². The van der Waals surface area contributed by atoms with Gasteiger partial charge in [-0.25, -0.2) is 4.79 Å². The van der Waals surface area contributed by atoms with Crippen LogP contribution in [0, 0.1) is 5.92 Å². The van der Waals surface area contributed by atoms with Crippen molar-refractivity contribution in [1.29, 1.82) is 0 Å². The number of nitrogens with zero attached hydrogens (tertiary/aromatic N) is 1. The van der Waals surface area contributed by atoms with E-state index in [0.717, 1.165) is 19.4 Å². The van der Waals surface area contributed by atoms with Crippen molar-refractivity contribution in [2.24, 2.45) is 5.92 Å². The number of aliphatic hydroxyl groups is 1. The van der Waals surface area contributed by atoms with Crippen LogP contribution in [0.2, 0.25) is 0 Å². The lowest BCUT2D eigenvalue weighted by Gasteiger charge is -2.32. The Morgan fingerprint density at radius 1 is 1.45 bits per heavy atom. The van der Waals surface area contributed by atoms with Crippen LogP contribution in [0.3, 0.4) is 0 Å². The van der Waals surface area contributed by atoms with Gasteiger partial charge in [0.05, 0.1) is 0 Å². The van der Waals surface area contributed by atoms with E-state index in [4.69, 9.17) is 0 Å². The average molecular weight is 276 g/mol. The molecule has 0 radical (unpaired) electrons. The Hall–Kier alpha value is -1.55. The Morgan fingerprint density at radius 2 is 2.20 bits per heavy atom. The first-order chi connectivity index (χ1) is 9.70. The number of rotatable bonds is 4. The molecule has 20 heavy (non-hydrogen) atoms. The van der Waals surface area contributed by atoms with Crippen molar-refractivity contribution < 1.29 is 9.90 Å². The summed E-state index contributed by atoms with van der Waals surface area (Å²) in [6, 6.07) is 10.2. The van der Waals surface area contributed by atoms with Gasteiger partial charge in [0.15, 0.2) is 0 Å². The van der Waals surface area contributed by atoms with Crippen LogP contribution in [-0.2, 0) is 0 Å². The Morgan fingerprint density at radius 3 is 2.90 bits per heavy atom. The van der Waals surface area contributed by atoms with Crippen LogP contribution in [0.25, 0.3) is 0 Å². The van der Waals surface area contributed by atoms with Crippen LogP contribution >= 0.6 is 0 Å². The molecule has 1 aromatic carbocycles. The van der Waals surface area contributed by atoms with Gasteiger partial charge in [0, 0.05) is 26.2 Å². The SMILES string of the molecule is C[C@H](CNC(=O)N1CCCC(CO)C1)c1ccccc1. The lowest BCUT2D eigenvalue weighted by molar-refractivity contribution is 0.129. The monoisotopic (exact) mass is 276 g/mol. The maximum atomic E-state index is 12.1. The fraction of sp³-hybridized carbons (Fsp3) is 0.562. The summed E-state index contributed by atoms with van der Waals surface area (Å²) in [6.07, 6.45) is 1.99. The average Bonchev–Trinajstić information content (AvgIpc) is 2.53. The number of nitrogens with one attached hydrogen (secondary N) is 1. The molecule has 4 nitrogen and oxygen atoms in total. The zero-order chi connectivity index (χ0) is 14.4. The fourth-order valence-electron chi connectivity index (χ4n) is 2.65. The van der Waals surface area contributed by atoms with Crippen LogP contribution in [0.1, 0.15) is 31.2 Å². The molecule has 0 spiro atoms. The van der Waals surface area contributed by atoms with Gasteiger partial charge in [-0.2, -0.15) is 0 Å². The summed E-state index contributed by atoms with van der Waals surface area (Å²) < 4.78 is 0. The van der Waals surface area contributed by atoms with Crippen LogP contribution < -0.4 is 5.32 Å². The molecule has 2 atom stereocenters. The third-order valence-electron chi connectivity index (χ3n) is 3.99. The molecule has 0 aromatic heterocycles. The smallest absolute Gasteiger partial charge is 0.317 e. The van der Waals surface area contributed by atoms with Crippen molar-refractivity contribution in [2.75, 3.05) is 26.2 Å². The molecule has 1 saturated heterocycles. The van der Waals surface area contributed by atoms with Gasteiger partial charge in [-0.1, -0.05) is 37.3 Å². The number of hydrogen-bond acceptors (Lipinski definition) is 2. The number of piperidine rings is 1. The normalized spacial score (nSPS) is 20.5. The van der Waals surface area contributed by atoms with E-state index in [1.165, 1.54) is 5.56 Å². The number of carbonyl (C=O) groups is 1. The van der Waals surface area contributed by atoms with Gasteiger partial charge in [-0.15, -0.1) is 0 Å². The molecule has 2 amide bonds. The standard InChI is InChI=1S/C16H24N2O2/c1-13(15-7-3-2-4-8-15)10-17-16(20)18-9-5-6-14(11-18)12-19/h2-4,7-8,13-14,19H,5-6,9-12H2,1H3,(H,17,20)/t13-,14?/m1/s1. The van der Waals surface area contributed by atoms with Gasteiger partial charge in [0.25, 0.3) is 0 Å². The largest absolute Gasteiger partial charge is 0.396 e. The van der Waals surface area contributed by atoms with E-state index >= 15 is 0 Å². The van der Waals surface area contributed by atoms with E-state index in [0.29, 0.717) is 19.0 Å². The summed E-state index contributed by atoms with van der Waals surface area (Å²) in [7, 11) is 0. The van der Waals surface area contributed by atoms with Crippen molar-refractivity contribution in [3.05, 3.63) is 35.9 Å². The molecule has 1 heterocycles. The predicted octanol–water partition coefficient (Wildman–Crippen LogP) is 2.20. The minimum Gasteiger partial charge on any atom is -0.396 e. The summed E-state index contributed by atoms with van der Waals surface area (Å²) in [5, 5.41) is 12.2. The van der Waals surface area contributed by atoms with E-state index in [-0.39, 0.29) is 18.6 Å². The number of amides is 2. The van der Waals surface area contributed by atoms with Gasteiger partial charge < -0.3 is 15.3 Å². The van der Waals surface area contributed by atoms with Crippen LogP contribution in [0.4, 0.5) is 4.79 Å². The fourth-order valence-corrected chi connectivity index (χ4v) is 2.65. The lowest BCUT2D eigenvalue weighted by Crippen LogP contribution is -2.46. The van der Waals surface area contributed by atoms with Gasteiger partial charge in [0.2, 0.25) is 0 Å². The molecule has 4 heteroatoms. The lowest BCUT2D eigenvalue weighted by atomic mass is 9.99. The topological polar surface area (TPSA) is 52.6 Å². The molecule has 2 rings (SSSR count). The van der Waals surface area contributed by atoms with Gasteiger partial charge in [-0.05, 0) is 30.2 Å². The highest BCUT2D eigenvalue weighted by atomic mass is 16.3. The molecule has 0 aliphatic carbocycles. The van der Waals surface area contributed by atoms with E-state index < -0.39 is 0 Å². The zero-order valence-corrected chi connectivity index (χ0v) is 12.1. The number of urea groups is 1. The number of carbonyl (C=O) groups excluding carboxylic acids is 1. The first-order valence-corrected chi connectivity index (χ1v) is 7.39. The van der Waals surface area contributed by atoms with Gasteiger partial charge in [0.1, 0.15) is 0 Å². The van der Waals surface area contributed by atoms with Crippen molar-refractivity contribution in [2.45, 2.75) is 25.7 Å². The molecule has 0 bridgehead atoms. The number of benzene rings is 1. The van der Waals surface area contributed by atoms with E-state index in [1.807, 2.05) is 23.1 Å². The first-order valence-electron chi connectivity index (χ1n) is 7.39. The molecular weight excluding hydrogens is 252 g/mol. The molecule has 1 aliphatic heterocycles. The first kappa shape index (κ1) is 14.9. The van der Waals surface area contributed by atoms with Crippen molar-refractivity contribution in [1.82, 2.24) is 10.2 Å². The van der Waals surface area contributed by atoms with Crippen molar-refractivity contribution >= 4 is 6.03 Å². The Bertz CT molecular complexity index is 422. The summed E-state index contributed by atoms with van der Waals surface area (Å²) in [6.45, 7) is 4.39. The summed E-state index contributed by atoms with van der Waals surface area (Å²) in [4.78, 5) is 14.0. The molecule has 1 aliphatic rings. The molecule has 0 saturated carbocycles. The maximum absolute atomic E-state index is 12.1. The number of hydrogen-bond donors (Lipinski definition) is 2. The highest BCUT2D eigenvalue weighted by molar-refractivity contribution is 5.74. The second-order valence-electron chi connectivity index (χ2n) is 5.63. The molecule has 2 N–H and O–H groups in total. The number of aliphatic hydroxyl groups excluding tert-OH is 1. The third kappa shape index (κ3) is 3.97. The van der Waals surface area contributed by atoms with E-state index in [2.05, 4.69) is 24.4 Å². The maximum Gasteiger partial charge on any atom is 0.317 e. The molecule has 110 valence electrons. The Labute approximate surface area is 120 Å². The Kier molecular flexibility index (Phi) is 5.41. The molecule has 1 aromatic rings. The minimum absolute atomic E-state index is 0.00840. The summed E-state index contributed by atoms with van der Waals surface area (Å²) in [5.74, 6) is 0.541. The highest BCUT2D eigenvalue weighted by Gasteiger charge is 2.23. The second kappa shape index (κ2) is 7.29. The number of likely N-dealkylation sites (tertiary alicyclic amines) is 1. The third-order valence-corrected chi connectivity index (χ3v) is 3.99. The molecular formula is C16H24N2O2. The molecule has 1 unspecified atom stereocenters. The highest BCUT2D eigenvalue weighted by Crippen LogP contribution is 2.16. The quantitative estimate of drug-likeness (QED) is 0.886. The summed E-state index contributed by atoms with van der Waals surface area (Å²) in [5.41, 5.74) is 1.24. The van der Waals surface area contributed by atoms with Gasteiger partial charge in [-0.3, -0.25) is 0 Å². The van der Waals surface area contributed by atoms with Crippen molar-refractivity contribution in [3.8, 4) is 0 Å². The van der Waals surface area contributed by atoms with Crippen LogP contribution in [-0.4, -0.2) is 42.3 Å². The van der Waals surface area contributed by atoms with E-state index in [1.54, 1.807) is 0 Å². The predicted molar refractivity (Wildman–Crippen MR) is 79.6 cm³/mol. The van der Waals surface area contributed by atoms with Gasteiger partial charge >= 0.3 is 6.03 Å². The molecule has 1 fully saturated rings.